The zero-order valence-corrected chi connectivity index (χ0v) is 11.2. The van der Waals surface area contributed by atoms with Crippen LogP contribution in [-0.4, -0.2) is 30.2 Å². The zero-order valence-electron chi connectivity index (χ0n) is 10.3. The van der Waals surface area contributed by atoms with Crippen LogP contribution in [0.1, 0.15) is 5.56 Å². The minimum absolute atomic E-state index is 0.242. The molecule has 0 aliphatic carbocycles. The van der Waals surface area contributed by atoms with Crippen LogP contribution in [0.15, 0.2) is 48.7 Å². The van der Waals surface area contributed by atoms with E-state index < -0.39 is 0 Å². The Hall–Kier alpha value is -2.67. The minimum atomic E-state index is 0.242. The quantitative estimate of drug-likeness (QED) is 0.730. The molecule has 0 aliphatic rings. The Labute approximate surface area is 120 Å². The second-order valence-corrected chi connectivity index (χ2v) is 4.45. The molecule has 2 N–H and O–H groups in total. The van der Waals surface area contributed by atoms with Gasteiger partial charge in [0.25, 0.3) is 0 Å². The molecular weight excluding hydrogens is 272 g/mol. The highest BCUT2D eigenvalue weighted by Crippen LogP contribution is 2.14. The van der Waals surface area contributed by atoms with Gasteiger partial charge in [0, 0.05) is 11.8 Å². The average Bonchev–Trinajstić information content (AvgIpc) is 2.98. The third kappa shape index (κ3) is 2.26. The SMILES string of the molecule is NC(=S)c1cccnc1-n1nnc(-c2ccccc2)n1. The summed E-state index contributed by atoms with van der Waals surface area (Å²) < 4.78 is 0. The van der Waals surface area contributed by atoms with Gasteiger partial charge in [-0.3, -0.25) is 0 Å². The molecule has 3 rings (SSSR count). The van der Waals surface area contributed by atoms with Crippen molar-refractivity contribution in [3.63, 3.8) is 0 Å². The van der Waals surface area contributed by atoms with Crippen molar-refractivity contribution < 1.29 is 0 Å². The predicted molar refractivity (Wildman–Crippen MR) is 78.3 cm³/mol. The van der Waals surface area contributed by atoms with E-state index in [0.717, 1.165) is 5.56 Å². The normalized spacial score (nSPS) is 10.4. The maximum Gasteiger partial charge on any atom is 0.205 e. The Morgan fingerprint density at radius 3 is 2.65 bits per heavy atom. The maximum atomic E-state index is 5.67. The van der Waals surface area contributed by atoms with Crippen molar-refractivity contribution in [2.45, 2.75) is 0 Å². The second-order valence-electron chi connectivity index (χ2n) is 4.01. The Morgan fingerprint density at radius 1 is 1.10 bits per heavy atom. The van der Waals surface area contributed by atoms with Crippen molar-refractivity contribution in [1.29, 1.82) is 0 Å². The van der Waals surface area contributed by atoms with Gasteiger partial charge in [-0.2, -0.15) is 0 Å². The highest BCUT2D eigenvalue weighted by molar-refractivity contribution is 7.80. The van der Waals surface area contributed by atoms with E-state index in [1.54, 1.807) is 18.3 Å². The van der Waals surface area contributed by atoms with Crippen LogP contribution >= 0.6 is 12.2 Å². The van der Waals surface area contributed by atoms with Crippen LogP contribution in [0.5, 0.6) is 0 Å². The van der Waals surface area contributed by atoms with Gasteiger partial charge in [0.05, 0.1) is 5.56 Å². The number of benzene rings is 1. The summed E-state index contributed by atoms with van der Waals surface area (Å²) >= 11 is 5.00. The Balaban J connectivity index is 2.05. The summed E-state index contributed by atoms with van der Waals surface area (Å²) in [4.78, 5) is 5.78. The van der Waals surface area contributed by atoms with E-state index in [2.05, 4.69) is 20.4 Å². The first-order valence-corrected chi connectivity index (χ1v) is 6.27. The van der Waals surface area contributed by atoms with Crippen LogP contribution < -0.4 is 5.73 Å². The molecule has 0 radical (unpaired) electrons. The smallest absolute Gasteiger partial charge is 0.205 e. The lowest BCUT2D eigenvalue weighted by Crippen LogP contribution is -2.15. The minimum Gasteiger partial charge on any atom is -0.389 e. The molecule has 6 nitrogen and oxygen atoms in total. The van der Waals surface area contributed by atoms with E-state index in [1.165, 1.54) is 4.80 Å². The second kappa shape index (κ2) is 5.14. The van der Waals surface area contributed by atoms with Crippen LogP contribution in [0.25, 0.3) is 17.2 Å². The van der Waals surface area contributed by atoms with E-state index in [1.807, 2.05) is 30.3 Å². The van der Waals surface area contributed by atoms with E-state index in [-0.39, 0.29) is 4.99 Å². The first kappa shape index (κ1) is 12.4. The molecule has 0 saturated heterocycles. The fourth-order valence-corrected chi connectivity index (χ4v) is 1.91. The van der Waals surface area contributed by atoms with Gasteiger partial charge < -0.3 is 5.73 Å². The van der Waals surface area contributed by atoms with Crippen molar-refractivity contribution >= 4 is 17.2 Å². The lowest BCUT2D eigenvalue weighted by atomic mass is 10.2. The van der Waals surface area contributed by atoms with E-state index in [9.17, 15) is 0 Å². The molecule has 2 heterocycles. The molecule has 1 aromatic carbocycles. The van der Waals surface area contributed by atoms with Crippen molar-refractivity contribution in [1.82, 2.24) is 25.2 Å². The predicted octanol–water partition coefficient (Wildman–Crippen LogP) is 1.36. The Morgan fingerprint density at radius 2 is 1.90 bits per heavy atom. The largest absolute Gasteiger partial charge is 0.389 e. The number of aromatic nitrogens is 5. The molecule has 0 fully saturated rings. The first-order valence-electron chi connectivity index (χ1n) is 5.86. The molecular formula is C13H10N6S. The third-order valence-electron chi connectivity index (χ3n) is 2.69. The molecule has 98 valence electrons. The fourth-order valence-electron chi connectivity index (χ4n) is 1.76. The van der Waals surface area contributed by atoms with Crippen molar-refractivity contribution in [2.24, 2.45) is 5.73 Å². The Kier molecular flexibility index (Phi) is 3.18. The van der Waals surface area contributed by atoms with Gasteiger partial charge in [0.15, 0.2) is 5.82 Å². The third-order valence-corrected chi connectivity index (χ3v) is 2.91. The first-order chi connectivity index (χ1) is 9.75. The van der Waals surface area contributed by atoms with Gasteiger partial charge >= 0.3 is 0 Å². The molecule has 0 aliphatic heterocycles. The fraction of sp³-hybridized carbons (Fsp3) is 0. The topological polar surface area (TPSA) is 82.5 Å². The number of tetrazole rings is 1. The molecule has 3 aromatic rings. The molecule has 20 heavy (non-hydrogen) atoms. The molecule has 0 amide bonds. The number of nitrogens with zero attached hydrogens (tertiary/aromatic N) is 5. The van der Waals surface area contributed by atoms with E-state index >= 15 is 0 Å². The molecule has 0 spiro atoms. The molecule has 0 bridgehead atoms. The summed E-state index contributed by atoms with van der Waals surface area (Å²) in [7, 11) is 0. The molecule has 0 unspecified atom stereocenters. The van der Waals surface area contributed by atoms with Crippen LogP contribution in [0.3, 0.4) is 0 Å². The van der Waals surface area contributed by atoms with Gasteiger partial charge in [-0.05, 0) is 17.3 Å². The lowest BCUT2D eigenvalue weighted by Gasteiger charge is -2.03. The number of thiocarbonyl (C=S) groups is 1. The number of nitrogens with two attached hydrogens (primary N) is 1. The van der Waals surface area contributed by atoms with Crippen molar-refractivity contribution in [3.05, 3.63) is 54.2 Å². The molecule has 2 aromatic heterocycles. The van der Waals surface area contributed by atoms with Crippen LogP contribution in [-0.2, 0) is 0 Å². The van der Waals surface area contributed by atoms with Gasteiger partial charge in [0.2, 0.25) is 5.82 Å². The van der Waals surface area contributed by atoms with Crippen molar-refractivity contribution in [2.75, 3.05) is 0 Å². The maximum absolute atomic E-state index is 5.67. The molecule has 0 saturated carbocycles. The van der Waals surface area contributed by atoms with Crippen molar-refractivity contribution in [3.8, 4) is 17.2 Å². The highest BCUT2D eigenvalue weighted by atomic mass is 32.1. The standard InChI is InChI=1S/C13H10N6S/c14-11(20)10-7-4-8-15-13(10)19-17-12(16-18-19)9-5-2-1-3-6-9/h1-8H,(H2,14,20). The van der Waals surface area contributed by atoms with Gasteiger partial charge in [-0.25, -0.2) is 4.98 Å². The van der Waals surface area contributed by atoms with Crippen LogP contribution in [0.4, 0.5) is 0 Å². The van der Waals surface area contributed by atoms with Gasteiger partial charge in [-0.15, -0.1) is 15.0 Å². The highest BCUT2D eigenvalue weighted by Gasteiger charge is 2.12. The summed E-state index contributed by atoms with van der Waals surface area (Å²) in [5, 5.41) is 12.3. The zero-order chi connectivity index (χ0) is 13.9. The Bertz CT molecular complexity index is 752. The summed E-state index contributed by atoms with van der Waals surface area (Å²) in [5.41, 5.74) is 7.16. The summed E-state index contributed by atoms with van der Waals surface area (Å²) in [6, 6.07) is 13.1. The number of hydrogen-bond donors (Lipinski definition) is 1. The lowest BCUT2D eigenvalue weighted by molar-refractivity contribution is 0.699. The summed E-state index contributed by atoms with van der Waals surface area (Å²) in [5.74, 6) is 0.986. The molecule has 0 atom stereocenters. The van der Waals surface area contributed by atoms with Crippen LogP contribution in [0, 0.1) is 0 Å². The summed E-state index contributed by atoms with van der Waals surface area (Å²) in [6.07, 6.45) is 1.63. The average molecular weight is 282 g/mol. The number of pyridine rings is 1. The number of rotatable bonds is 3. The van der Waals surface area contributed by atoms with Gasteiger partial charge in [-0.1, -0.05) is 42.5 Å². The van der Waals surface area contributed by atoms with Crippen LogP contribution in [0.2, 0.25) is 0 Å². The monoisotopic (exact) mass is 282 g/mol. The van der Waals surface area contributed by atoms with Gasteiger partial charge in [0.1, 0.15) is 4.99 Å². The van der Waals surface area contributed by atoms with E-state index in [0.29, 0.717) is 17.2 Å². The summed E-state index contributed by atoms with van der Waals surface area (Å²) in [6.45, 7) is 0. The van der Waals surface area contributed by atoms with E-state index in [4.69, 9.17) is 18.0 Å². The number of hydrogen-bond acceptors (Lipinski definition) is 5. The molecule has 7 heteroatoms.